The van der Waals surface area contributed by atoms with Crippen LogP contribution in [0.5, 0.6) is 0 Å². The maximum absolute atomic E-state index is 13.1. The number of aliphatic hydroxyl groups excluding tert-OH is 1. The van der Waals surface area contributed by atoms with Gasteiger partial charge in [-0.15, -0.1) is 0 Å². The van der Waals surface area contributed by atoms with Gasteiger partial charge in [-0.25, -0.2) is 0 Å². The number of aliphatic hydroxyl groups is 1. The summed E-state index contributed by atoms with van der Waals surface area (Å²) in [5, 5.41) is 13.0. The van der Waals surface area contributed by atoms with Gasteiger partial charge in [0.05, 0.1) is 12.1 Å². The molecule has 3 heterocycles. The highest BCUT2D eigenvalue weighted by Gasteiger charge is 2.39. The van der Waals surface area contributed by atoms with Gasteiger partial charge in [0.25, 0.3) is 5.91 Å². The van der Waals surface area contributed by atoms with Crippen LogP contribution in [0, 0.1) is 0 Å². The number of likely N-dealkylation sites (tertiary alicyclic amines) is 1. The molecule has 1 aromatic heterocycles. The Morgan fingerprint density at radius 1 is 0.969 bits per heavy atom. The number of aromatic amines is 1. The summed E-state index contributed by atoms with van der Waals surface area (Å²) in [6.45, 7) is 5.40. The third kappa shape index (κ3) is 4.51. The molecular formula is C24H26Cl2N4O2. The Morgan fingerprint density at radius 3 is 2.44 bits per heavy atom. The Bertz CT molecular complexity index is 1110. The first-order valence-corrected chi connectivity index (χ1v) is 11.7. The Balaban J connectivity index is 1.19. The molecule has 1 amide bonds. The molecule has 2 aliphatic heterocycles. The van der Waals surface area contributed by atoms with Crippen LogP contribution < -0.4 is 0 Å². The second-order valence-corrected chi connectivity index (χ2v) is 9.57. The van der Waals surface area contributed by atoms with E-state index in [2.05, 4.69) is 26.9 Å². The fourth-order valence-corrected chi connectivity index (χ4v) is 5.09. The number of piperazine rings is 1. The summed E-state index contributed by atoms with van der Waals surface area (Å²) in [5.74, 6) is -0.0831. The predicted octanol–water partition coefficient (Wildman–Crippen LogP) is 3.48. The molecule has 2 fully saturated rings. The quantitative estimate of drug-likeness (QED) is 0.609. The zero-order valence-corrected chi connectivity index (χ0v) is 19.2. The molecule has 2 saturated heterocycles. The minimum Gasteiger partial charge on any atom is -0.390 e. The second-order valence-electron chi connectivity index (χ2n) is 8.70. The lowest BCUT2D eigenvalue weighted by molar-refractivity contribution is 0.0423. The molecule has 2 aliphatic rings. The summed E-state index contributed by atoms with van der Waals surface area (Å²) in [5.41, 5.74) is 2.66. The molecule has 32 heavy (non-hydrogen) atoms. The first-order valence-electron chi connectivity index (χ1n) is 10.9. The lowest BCUT2D eigenvalue weighted by Gasteiger charge is -2.38. The first-order chi connectivity index (χ1) is 15.5. The average molecular weight is 473 g/mol. The van der Waals surface area contributed by atoms with E-state index in [1.165, 1.54) is 5.56 Å². The maximum atomic E-state index is 13.1. The van der Waals surface area contributed by atoms with Gasteiger partial charge in [0.15, 0.2) is 0 Å². The van der Waals surface area contributed by atoms with Gasteiger partial charge in [-0.05, 0) is 42.0 Å². The number of aromatic nitrogens is 1. The van der Waals surface area contributed by atoms with Gasteiger partial charge in [0, 0.05) is 66.8 Å². The van der Waals surface area contributed by atoms with Gasteiger partial charge in [0.2, 0.25) is 0 Å². The number of hydrogen-bond donors (Lipinski definition) is 2. The Labute approximate surface area is 197 Å². The molecule has 0 aliphatic carbocycles. The molecule has 2 N–H and O–H groups in total. The summed E-state index contributed by atoms with van der Waals surface area (Å²) in [6.07, 6.45) is -0.541. The van der Waals surface area contributed by atoms with Gasteiger partial charge >= 0.3 is 0 Å². The van der Waals surface area contributed by atoms with Crippen molar-refractivity contribution in [2.75, 3.05) is 39.3 Å². The van der Waals surface area contributed by atoms with Crippen molar-refractivity contribution in [2.45, 2.75) is 18.7 Å². The van der Waals surface area contributed by atoms with E-state index in [9.17, 15) is 9.90 Å². The molecule has 168 valence electrons. The van der Waals surface area contributed by atoms with Gasteiger partial charge in [-0.3, -0.25) is 14.6 Å². The molecule has 2 unspecified atom stereocenters. The van der Waals surface area contributed by atoms with E-state index in [1.807, 2.05) is 30.3 Å². The summed E-state index contributed by atoms with van der Waals surface area (Å²) < 4.78 is 0. The summed E-state index contributed by atoms with van der Waals surface area (Å²) >= 11 is 12.0. The molecule has 0 spiro atoms. The van der Waals surface area contributed by atoms with Crippen molar-refractivity contribution in [2.24, 2.45) is 0 Å². The third-order valence-corrected chi connectivity index (χ3v) is 7.04. The third-order valence-electron chi connectivity index (χ3n) is 6.55. The fourth-order valence-electron chi connectivity index (χ4n) is 4.78. The minimum atomic E-state index is -0.541. The minimum absolute atomic E-state index is 0.0320. The van der Waals surface area contributed by atoms with Crippen LogP contribution in [0.1, 0.15) is 16.1 Å². The maximum Gasteiger partial charge on any atom is 0.270 e. The Kier molecular flexibility index (Phi) is 6.14. The van der Waals surface area contributed by atoms with Crippen LogP contribution in [0.15, 0.2) is 48.5 Å². The van der Waals surface area contributed by atoms with Crippen molar-refractivity contribution in [1.82, 2.24) is 19.7 Å². The molecular weight excluding hydrogens is 447 g/mol. The topological polar surface area (TPSA) is 62.8 Å². The predicted molar refractivity (Wildman–Crippen MR) is 127 cm³/mol. The highest BCUT2D eigenvalue weighted by atomic mass is 35.5. The number of nitrogens with zero attached hydrogens (tertiary/aromatic N) is 3. The number of H-pyrrole nitrogens is 1. The summed E-state index contributed by atoms with van der Waals surface area (Å²) in [6, 6.07) is 15.3. The Hall–Kier alpha value is -2.09. The van der Waals surface area contributed by atoms with Crippen molar-refractivity contribution < 1.29 is 9.90 Å². The number of carbonyl (C=O) groups is 1. The van der Waals surface area contributed by atoms with Crippen molar-refractivity contribution in [3.63, 3.8) is 0 Å². The van der Waals surface area contributed by atoms with Crippen LogP contribution in [0.3, 0.4) is 0 Å². The molecule has 2 atom stereocenters. The van der Waals surface area contributed by atoms with E-state index in [4.69, 9.17) is 23.2 Å². The van der Waals surface area contributed by atoms with Gasteiger partial charge in [0.1, 0.15) is 5.69 Å². The lowest BCUT2D eigenvalue weighted by atomic mass is 10.1. The number of halogens is 2. The second kappa shape index (κ2) is 9.04. The van der Waals surface area contributed by atoms with E-state index in [0.29, 0.717) is 23.8 Å². The molecule has 0 radical (unpaired) electrons. The van der Waals surface area contributed by atoms with Crippen LogP contribution in [0.2, 0.25) is 10.0 Å². The van der Waals surface area contributed by atoms with Crippen molar-refractivity contribution in [3.05, 3.63) is 69.8 Å². The van der Waals surface area contributed by atoms with Gasteiger partial charge in [-0.2, -0.15) is 0 Å². The van der Waals surface area contributed by atoms with E-state index < -0.39 is 6.10 Å². The van der Waals surface area contributed by atoms with Crippen molar-refractivity contribution in [3.8, 4) is 0 Å². The van der Waals surface area contributed by atoms with E-state index in [0.717, 1.165) is 48.6 Å². The van der Waals surface area contributed by atoms with E-state index in [1.54, 1.807) is 11.0 Å². The fraction of sp³-hybridized carbons (Fsp3) is 0.375. The number of benzene rings is 2. The van der Waals surface area contributed by atoms with E-state index in [-0.39, 0.29) is 11.9 Å². The summed E-state index contributed by atoms with van der Waals surface area (Å²) in [7, 11) is 0. The average Bonchev–Trinajstić information content (AvgIpc) is 3.38. The molecule has 2 aromatic carbocycles. The number of amides is 1. The van der Waals surface area contributed by atoms with Crippen LogP contribution in [-0.4, -0.2) is 82.1 Å². The number of nitrogens with one attached hydrogen (secondary N) is 1. The SMILES string of the molecule is O=C(c1cc2cc(Cl)ccc2[nH]1)N1CC(O)C(N2CCN(Cc3ccc(Cl)cc3)CC2)C1. The molecule has 0 saturated carbocycles. The molecule has 0 bridgehead atoms. The zero-order chi connectivity index (χ0) is 22.2. The van der Waals surface area contributed by atoms with Gasteiger partial charge in [-0.1, -0.05) is 35.3 Å². The van der Waals surface area contributed by atoms with Crippen LogP contribution in [0.25, 0.3) is 10.9 Å². The molecule has 6 nitrogen and oxygen atoms in total. The monoisotopic (exact) mass is 472 g/mol. The molecule has 3 aromatic rings. The largest absolute Gasteiger partial charge is 0.390 e. The normalized spacial score (nSPS) is 22.7. The van der Waals surface area contributed by atoms with Crippen LogP contribution in [0.4, 0.5) is 0 Å². The van der Waals surface area contributed by atoms with Gasteiger partial charge < -0.3 is 15.0 Å². The number of hydrogen-bond acceptors (Lipinski definition) is 4. The number of rotatable bonds is 4. The van der Waals surface area contributed by atoms with Crippen LogP contribution in [-0.2, 0) is 6.54 Å². The Morgan fingerprint density at radius 2 is 1.69 bits per heavy atom. The molecule has 5 rings (SSSR count). The highest BCUT2D eigenvalue weighted by Crippen LogP contribution is 2.24. The lowest BCUT2D eigenvalue weighted by Crippen LogP contribution is -2.53. The summed E-state index contributed by atoms with van der Waals surface area (Å²) in [4.78, 5) is 22.7. The zero-order valence-electron chi connectivity index (χ0n) is 17.7. The van der Waals surface area contributed by atoms with Crippen molar-refractivity contribution >= 4 is 40.0 Å². The smallest absolute Gasteiger partial charge is 0.270 e. The number of carbonyl (C=O) groups excluding carboxylic acids is 1. The first kappa shape index (κ1) is 21.7. The van der Waals surface area contributed by atoms with Crippen molar-refractivity contribution in [1.29, 1.82) is 0 Å². The number of β-amino-alcohol motifs (C(OH)–C–C–N with tert-alkyl or cyclic N) is 1. The van der Waals surface area contributed by atoms with Crippen LogP contribution >= 0.6 is 23.2 Å². The number of fused-ring (bicyclic) bond motifs is 1. The standard InChI is InChI=1S/C24H26Cl2N4O2/c25-18-3-1-16(2-4-18)13-28-7-9-29(10-8-28)22-14-30(15-23(22)31)24(32)21-12-17-11-19(26)5-6-20(17)27-21/h1-6,11-12,22-23,27,31H,7-10,13-15H2. The highest BCUT2D eigenvalue weighted by molar-refractivity contribution is 6.31. The molecule has 8 heteroatoms. The van der Waals surface area contributed by atoms with E-state index >= 15 is 0 Å².